The number of nitrogens with one attached hydrogen (secondary N) is 2. The summed E-state index contributed by atoms with van der Waals surface area (Å²) in [5, 5.41) is 38.9. The largest absolute Gasteiger partial charge is 0.507 e. The van der Waals surface area contributed by atoms with Gasteiger partial charge < -0.3 is 49.9 Å². The fourth-order valence-electron chi connectivity index (χ4n) is 8.10. The Morgan fingerprint density at radius 1 is 0.966 bits per heavy atom. The van der Waals surface area contributed by atoms with Crippen molar-refractivity contribution in [1.82, 2.24) is 20.7 Å². The Hall–Kier alpha value is -4.87. The number of hydrogen-bond donors (Lipinski definition) is 5. The average molecular weight is 823 g/mol. The molecule has 16 nitrogen and oxygen atoms in total. The molecule has 1 fully saturated rings. The Balaban J connectivity index is 1.64. The summed E-state index contributed by atoms with van der Waals surface area (Å²) in [5.41, 5.74) is 2.03. The molecule has 5 N–H and O–H groups in total. The third-order valence-electron chi connectivity index (χ3n) is 12.1. The molecule has 0 radical (unpaired) electrons. The maximum absolute atomic E-state index is 14.7. The maximum atomic E-state index is 14.7. The number of esters is 1. The van der Waals surface area contributed by atoms with Crippen molar-refractivity contribution in [3.63, 3.8) is 0 Å². The fraction of sp³-hybridized carbons (Fsp3) is 0.558. The van der Waals surface area contributed by atoms with Gasteiger partial charge in [-0.2, -0.15) is 0 Å². The number of allylic oxidation sites excluding steroid dienone is 2. The van der Waals surface area contributed by atoms with Crippen LogP contribution in [-0.4, -0.2) is 131 Å². The van der Waals surface area contributed by atoms with Crippen molar-refractivity contribution in [2.75, 3.05) is 40.3 Å². The minimum absolute atomic E-state index is 0.00931. The number of carbonyl (C=O) groups excluding carboxylic acids is 5. The smallest absolute Gasteiger partial charge is 0.312 e. The number of Topliss-reactive ketones (excluding diaryl/α,β-unsaturated/α-hetero) is 3. The van der Waals surface area contributed by atoms with Crippen molar-refractivity contribution in [3.8, 4) is 11.5 Å². The average Bonchev–Trinajstić information content (AvgIpc) is 3.46. The molecule has 4 aliphatic heterocycles. The van der Waals surface area contributed by atoms with Crippen molar-refractivity contribution in [2.24, 2.45) is 23.7 Å². The molecule has 0 saturated carbocycles. The lowest BCUT2D eigenvalue weighted by Crippen LogP contribution is -2.51. The van der Waals surface area contributed by atoms with Gasteiger partial charge in [0, 0.05) is 93.7 Å². The molecular formula is C43H58N4O12. The van der Waals surface area contributed by atoms with Gasteiger partial charge in [0.25, 0.3) is 5.78 Å². The minimum atomic E-state index is -2.08. The molecule has 0 aromatic heterocycles. The molecule has 1 saturated heterocycles. The van der Waals surface area contributed by atoms with E-state index in [1.165, 1.54) is 59.4 Å². The molecule has 4 heterocycles. The van der Waals surface area contributed by atoms with Gasteiger partial charge in [-0.3, -0.25) is 24.0 Å². The van der Waals surface area contributed by atoms with Gasteiger partial charge in [0.1, 0.15) is 23.6 Å². The first kappa shape index (κ1) is 45.2. The second-order valence-corrected chi connectivity index (χ2v) is 16.3. The van der Waals surface area contributed by atoms with Gasteiger partial charge in [-0.05, 0) is 27.0 Å². The summed E-state index contributed by atoms with van der Waals surface area (Å²) in [5.74, 6) is -9.01. The van der Waals surface area contributed by atoms with E-state index in [-0.39, 0.29) is 33.6 Å². The number of rotatable bonds is 4. The minimum Gasteiger partial charge on any atom is -0.507 e. The first-order valence-electron chi connectivity index (χ1n) is 19.9. The van der Waals surface area contributed by atoms with E-state index < -0.39 is 100 Å². The van der Waals surface area contributed by atoms with Gasteiger partial charge in [0.15, 0.2) is 11.6 Å². The summed E-state index contributed by atoms with van der Waals surface area (Å²) in [7, 11) is 3.41. The van der Waals surface area contributed by atoms with Gasteiger partial charge in [0.05, 0.1) is 41.3 Å². The topological polar surface area (TPSA) is 213 Å². The normalized spacial score (nSPS) is 33.3. The number of phenols is 1. The SMILES string of the molecule is COC1C=COC2(C)Oc3c(C)c(O)c4c(c3C2=O)C(=O)C(=CNN2CCN(C)CC2)C(NC(=O)C(C)=CC=CC(C)C(O)C(C)C(O)C(C)C(OC(C)=O)C1C)C4=O. The summed E-state index contributed by atoms with van der Waals surface area (Å²) in [4.78, 5) is 71.7. The summed E-state index contributed by atoms with van der Waals surface area (Å²) in [6.07, 6.45) is 4.81. The first-order valence-corrected chi connectivity index (χ1v) is 19.9. The fourth-order valence-corrected chi connectivity index (χ4v) is 8.10. The molecule has 1 aromatic carbocycles. The number of aliphatic hydroxyl groups is 2. The summed E-state index contributed by atoms with van der Waals surface area (Å²) in [6.45, 7) is 15.1. The monoisotopic (exact) mass is 822 g/mol. The molecule has 10 atom stereocenters. The van der Waals surface area contributed by atoms with Crippen molar-refractivity contribution in [2.45, 2.75) is 91.6 Å². The number of likely N-dealkylation sites (N-methyl/N-ethyl adjacent to an activating group) is 1. The van der Waals surface area contributed by atoms with Crippen LogP contribution in [0, 0.1) is 30.6 Å². The molecule has 1 aliphatic carbocycles. The Morgan fingerprint density at radius 2 is 1.63 bits per heavy atom. The molecule has 5 aliphatic rings. The first-order chi connectivity index (χ1) is 27.7. The second kappa shape index (κ2) is 18.2. The quantitative estimate of drug-likeness (QED) is 0.218. The van der Waals surface area contributed by atoms with Crippen LogP contribution in [0.4, 0.5) is 0 Å². The zero-order valence-electron chi connectivity index (χ0n) is 35.4. The summed E-state index contributed by atoms with van der Waals surface area (Å²) >= 11 is 0. The Kier molecular flexibility index (Phi) is 13.9. The van der Waals surface area contributed by atoms with Crippen LogP contribution >= 0.6 is 0 Å². The lowest BCUT2D eigenvalue weighted by molar-refractivity contribution is -0.160. The third-order valence-corrected chi connectivity index (χ3v) is 12.1. The van der Waals surface area contributed by atoms with Crippen LogP contribution in [-0.2, 0) is 23.8 Å². The lowest BCUT2D eigenvalue weighted by Gasteiger charge is -2.38. The van der Waals surface area contributed by atoms with Crippen LogP contribution in [0.25, 0.3) is 0 Å². The Bertz CT molecular complexity index is 1970. The molecular weight excluding hydrogens is 764 g/mol. The van der Waals surface area contributed by atoms with Gasteiger partial charge in [-0.15, -0.1) is 0 Å². The number of aliphatic hydroxyl groups excluding tert-OH is 2. The number of ketones is 3. The van der Waals surface area contributed by atoms with Crippen LogP contribution in [0.5, 0.6) is 11.5 Å². The number of aromatic hydroxyl groups is 1. The Labute approximate surface area is 344 Å². The van der Waals surface area contributed by atoms with Crippen molar-refractivity contribution in [1.29, 1.82) is 0 Å². The van der Waals surface area contributed by atoms with Crippen LogP contribution in [0.15, 0.2) is 47.9 Å². The second-order valence-electron chi connectivity index (χ2n) is 16.3. The lowest BCUT2D eigenvalue weighted by atomic mass is 9.77. The molecule has 1 aromatic rings. The summed E-state index contributed by atoms with van der Waals surface area (Å²) < 4.78 is 23.5. The number of hydrazine groups is 1. The number of piperazine rings is 1. The molecule has 59 heavy (non-hydrogen) atoms. The van der Waals surface area contributed by atoms with E-state index in [1.54, 1.807) is 39.8 Å². The van der Waals surface area contributed by atoms with E-state index in [2.05, 4.69) is 15.6 Å². The molecule has 5 bridgehead atoms. The highest BCUT2D eigenvalue weighted by molar-refractivity contribution is 6.31. The maximum Gasteiger partial charge on any atom is 0.312 e. The number of methoxy groups -OCH3 is 1. The van der Waals surface area contributed by atoms with Crippen LogP contribution in [0.2, 0.25) is 0 Å². The third kappa shape index (κ3) is 9.01. The highest BCUT2D eigenvalue weighted by Crippen LogP contribution is 2.48. The van der Waals surface area contributed by atoms with Crippen molar-refractivity contribution < 1.29 is 58.2 Å². The molecule has 0 spiro atoms. The predicted octanol–water partition coefficient (Wildman–Crippen LogP) is 2.75. The van der Waals surface area contributed by atoms with E-state index in [9.17, 15) is 39.3 Å². The van der Waals surface area contributed by atoms with Crippen LogP contribution in [0.3, 0.4) is 0 Å². The van der Waals surface area contributed by atoms with Crippen molar-refractivity contribution >= 4 is 29.2 Å². The molecule has 16 heteroatoms. The number of phenolic OH excluding ortho intramolecular Hbond substituents is 1. The number of nitrogens with zero attached hydrogens (tertiary/aromatic N) is 2. The number of ether oxygens (including phenoxy) is 4. The Morgan fingerprint density at radius 3 is 2.25 bits per heavy atom. The molecule has 6 rings (SSSR count). The van der Waals surface area contributed by atoms with E-state index in [0.29, 0.717) is 13.1 Å². The van der Waals surface area contributed by atoms with Gasteiger partial charge in [-0.25, -0.2) is 5.01 Å². The zero-order valence-corrected chi connectivity index (χ0v) is 35.4. The van der Waals surface area contributed by atoms with E-state index >= 15 is 0 Å². The van der Waals surface area contributed by atoms with Gasteiger partial charge in [0.2, 0.25) is 5.91 Å². The van der Waals surface area contributed by atoms with Crippen LogP contribution in [0.1, 0.15) is 85.1 Å². The zero-order chi connectivity index (χ0) is 43.7. The highest BCUT2D eigenvalue weighted by atomic mass is 16.7. The summed E-state index contributed by atoms with van der Waals surface area (Å²) in [6, 6.07) is -1.56. The van der Waals surface area contributed by atoms with Crippen molar-refractivity contribution in [3.05, 3.63) is 70.2 Å². The highest BCUT2D eigenvalue weighted by Gasteiger charge is 2.53. The molecule has 322 valence electrons. The molecule has 10 unspecified atom stereocenters. The standard InChI is InChI=1S/C43H58N4O12/c1-21-12-11-13-22(2)42(55)45-33-28(20-44-47-17-15-46(9)16-18-47)37(52)30-31(38(33)53)36(51)26(6)40-32(30)41(54)43(8,59-40)57-19-14-29(56-10)23(3)39(58-27(7)48)25(5)35(50)24(4)34(21)49/h11-14,19-21,23-25,29,33-35,39,44,49-51H,15-18H2,1-10H3,(H,45,55). The van der Waals surface area contributed by atoms with Gasteiger partial charge in [-0.1, -0.05) is 45.9 Å². The number of benzene rings is 1. The van der Waals surface area contributed by atoms with E-state index in [4.69, 9.17) is 18.9 Å². The number of carbonyl (C=O) groups is 5. The van der Waals surface area contributed by atoms with Gasteiger partial charge >= 0.3 is 11.8 Å². The molecule has 1 amide bonds. The van der Waals surface area contributed by atoms with E-state index in [1.807, 2.05) is 12.1 Å². The van der Waals surface area contributed by atoms with Crippen LogP contribution < -0.4 is 15.5 Å². The number of amides is 1. The number of hydrogen-bond acceptors (Lipinski definition) is 15. The van der Waals surface area contributed by atoms with E-state index in [0.717, 1.165) is 13.1 Å². The number of fused-ring (bicyclic) bond motifs is 14. The predicted molar refractivity (Wildman–Crippen MR) is 215 cm³/mol.